The van der Waals surface area contributed by atoms with E-state index in [1.807, 2.05) is 18.2 Å². The molecule has 8 heteroatoms. The Labute approximate surface area is 185 Å². The summed E-state index contributed by atoms with van der Waals surface area (Å²) in [5, 5.41) is 16.1. The molecule has 0 radical (unpaired) electrons. The van der Waals surface area contributed by atoms with Crippen LogP contribution in [0.2, 0.25) is 0 Å². The van der Waals surface area contributed by atoms with Crippen molar-refractivity contribution in [3.8, 4) is 0 Å². The van der Waals surface area contributed by atoms with Gasteiger partial charge in [-0.05, 0) is 25.3 Å². The monoisotopic (exact) mass is 504 g/mol. The maximum atomic E-state index is 11.9. The summed E-state index contributed by atoms with van der Waals surface area (Å²) < 4.78 is 5.55. The third kappa shape index (κ3) is 7.56. The molecule has 158 valence electrons. The Bertz CT molecular complexity index is 619. The van der Waals surface area contributed by atoms with Crippen LogP contribution < -0.4 is 10.6 Å². The molecule has 2 unspecified atom stereocenters. The Morgan fingerprint density at radius 1 is 1.36 bits per heavy atom. The van der Waals surface area contributed by atoms with Crippen molar-refractivity contribution in [3.05, 3.63) is 35.9 Å². The van der Waals surface area contributed by atoms with Gasteiger partial charge in [0.1, 0.15) is 6.54 Å². The van der Waals surface area contributed by atoms with E-state index in [1.165, 1.54) is 4.90 Å². The normalized spacial score (nSPS) is 20.2. The lowest BCUT2D eigenvalue weighted by Gasteiger charge is -2.28. The quantitative estimate of drug-likeness (QED) is 0.286. The van der Waals surface area contributed by atoms with Crippen LogP contribution >= 0.6 is 24.0 Å². The number of hydrogen-bond donors (Lipinski definition) is 3. The van der Waals surface area contributed by atoms with Crippen molar-refractivity contribution < 1.29 is 14.6 Å². The first kappa shape index (κ1) is 24.6. The Morgan fingerprint density at radius 3 is 2.64 bits per heavy atom. The highest BCUT2D eigenvalue weighted by Crippen LogP contribution is 2.31. The number of guanidine groups is 1. The predicted molar refractivity (Wildman–Crippen MR) is 122 cm³/mol. The largest absolute Gasteiger partial charge is 0.396 e. The number of aliphatic hydroxyl groups excluding tert-OH is 1. The van der Waals surface area contributed by atoms with Crippen LogP contribution in [0, 0.1) is 5.41 Å². The van der Waals surface area contributed by atoms with Gasteiger partial charge in [0, 0.05) is 39.3 Å². The zero-order valence-corrected chi connectivity index (χ0v) is 19.3. The SMILES string of the molecule is CC(NC(=NCC(=O)N(C)C)NCC1(CCO)CCOC1)c1ccccc1.I. The van der Waals surface area contributed by atoms with Gasteiger partial charge >= 0.3 is 0 Å². The van der Waals surface area contributed by atoms with E-state index in [0.717, 1.165) is 12.0 Å². The standard InChI is InChI=1S/C20H32N4O3.HI/c1-16(17-7-5-4-6-8-17)23-19(21-13-18(26)24(2)3)22-14-20(9-11-25)10-12-27-15-20;/h4-8,16,25H,9-15H2,1-3H3,(H2,21,22,23);1H. The van der Waals surface area contributed by atoms with Gasteiger partial charge in [0.15, 0.2) is 5.96 Å². The summed E-state index contributed by atoms with van der Waals surface area (Å²) in [7, 11) is 3.44. The molecule has 0 saturated carbocycles. The number of carbonyl (C=O) groups is 1. The molecule has 2 rings (SSSR count). The second-order valence-electron chi connectivity index (χ2n) is 7.36. The highest BCUT2D eigenvalue weighted by atomic mass is 127. The highest BCUT2D eigenvalue weighted by molar-refractivity contribution is 14.0. The first-order chi connectivity index (χ1) is 13.0. The first-order valence-electron chi connectivity index (χ1n) is 9.44. The summed E-state index contributed by atoms with van der Waals surface area (Å²) in [6.45, 7) is 4.23. The average molecular weight is 504 g/mol. The molecular weight excluding hydrogens is 471 g/mol. The van der Waals surface area contributed by atoms with Gasteiger partial charge in [-0.3, -0.25) is 4.79 Å². The summed E-state index contributed by atoms with van der Waals surface area (Å²) >= 11 is 0. The molecule has 7 nitrogen and oxygen atoms in total. The summed E-state index contributed by atoms with van der Waals surface area (Å²) in [4.78, 5) is 17.9. The van der Waals surface area contributed by atoms with E-state index in [2.05, 4.69) is 34.7 Å². The maximum Gasteiger partial charge on any atom is 0.243 e. The number of aliphatic imine (C=N–C) groups is 1. The van der Waals surface area contributed by atoms with Crippen molar-refractivity contribution in [2.75, 3.05) is 47.0 Å². The number of nitrogens with zero attached hydrogens (tertiary/aromatic N) is 2. The average Bonchev–Trinajstić information content (AvgIpc) is 3.13. The summed E-state index contributed by atoms with van der Waals surface area (Å²) in [5.74, 6) is 0.531. The minimum absolute atomic E-state index is 0. The number of carbonyl (C=O) groups excluding carboxylic acids is 1. The van der Waals surface area contributed by atoms with Crippen LogP contribution in [-0.4, -0.2) is 68.9 Å². The van der Waals surface area contributed by atoms with Crippen LogP contribution in [0.15, 0.2) is 35.3 Å². The number of rotatable bonds is 8. The van der Waals surface area contributed by atoms with Gasteiger partial charge in [-0.2, -0.15) is 0 Å². The van der Waals surface area contributed by atoms with E-state index in [-0.39, 0.29) is 54.5 Å². The van der Waals surface area contributed by atoms with Crippen molar-refractivity contribution in [3.63, 3.8) is 0 Å². The van der Waals surface area contributed by atoms with E-state index < -0.39 is 0 Å². The van der Waals surface area contributed by atoms with Crippen molar-refractivity contribution in [1.82, 2.24) is 15.5 Å². The smallest absolute Gasteiger partial charge is 0.243 e. The molecule has 0 aromatic heterocycles. The van der Waals surface area contributed by atoms with E-state index in [4.69, 9.17) is 4.74 Å². The van der Waals surface area contributed by atoms with Crippen molar-refractivity contribution in [1.29, 1.82) is 0 Å². The van der Waals surface area contributed by atoms with E-state index in [0.29, 0.717) is 32.1 Å². The summed E-state index contributed by atoms with van der Waals surface area (Å²) in [6.07, 6.45) is 1.58. The van der Waals surface area contributed by atoms with Gasteiger partial charge in [0.2, 0.25) is 5.91 Å². The molecule has 0 bridgehead atoms. The molecule has 0 spiro atoms. The third-order valence-corrected chi connectivity index (χ3v) is 4.98. The van der Waals surface area contributed by atoms with Gasteiger partial charge in [-0.1, -0.05) is 30.3 Å². The predicted octanol–water partition coefficient (Wildman–Crippen LogP) is 1.78. The van der Waals surface area contributed by atoms with Gasteiger partial charge in [0.05, 0.1) is 12.6 Å². The Morgan fingerprint density at radius 2 is 2.07 bits per heavy atom. The van der Waals surface area contributed by atoms with Crippen LogP contribution in [0.3, 0.4) is 0 Å². The Kier molecular flexibility index (Phi) is 10.8. The maximum absolute atomic E-state index is 11.9. The van der Waals surface area contributed by atoms with Crippen LogP contribution in [0.25, 0.3) is 0 Å². The van der Waals surface area contributed by atoms with Gasteiger partial charge < -0.3 is 25.4 Å². The number of benzene rings is 1. The van der Waals surface area contributed by atoms with Gasteiger partial charge in [-0.15, -0.1) is 24.0 Å². The number of amides is 1. The first-order valence-corrected chi connectivity index (χ1v) is 9.44. The Balaban J connectivity index is 0.00000392. The molecular formula is C20H33IN4O3. The number of halogens is 1. The fraction of sp³-hybridized carbons (Fsp3) is 0.600. The fourth-order valence-corrected chi connectivity index (χ4v) is 3.05. The topological polar surface area (TPSA) is 86.2 Å². The molecule has 1 heterocycles. The zero-order chi connectivity index (χ0) is 19.7. The molecule has 1 aromatic carbocycles. The molecule has 3 N–H and O–H groups in total. The minimum atomic E-state index is -0.0985. The number of aliphatic hydroxyl groups is 1. The molecule has 28 heavy (non-hydrogen) atoms. The van der Waals surface area contributed by atoms with E-state index >= 15 is 0 Å². The third-order valence-electron chi connectivity index (χ3n) is 4.98. The van der Waals surface area contributed by atoms with Crippen molar-refractivity contribution >= 4 is 35.8 Å². The van der Waals surface area contributed by atoms with Gasteiger partial charge in [0.25, 0.3) is 0 Å². The van der Waals surface area contributed by atoms with Crippen LogP contribution in [-0.2, 0) is 9.53 Å². The van der Waals surface area contributed by atoms with Gasteiger partial charge in [-0.25, -0.2) is 4.99 Å². The Hall–Kier alpha value is -1.39. The number of ether oxygens (including phenoxy) is 1. The highest BCUT2D eigenvalue weighted by Gasteiger charge is 2.34. The molecule has 1 aromatic rings. The number of hydrogen-bond acceptors (Lipinski definition) is 4. The van der Waals surface area contributed by atoms with E-state index in [1.54, 1.807) is 14.1 Å². The molecule has 2 atom stereocenters. The molecule has 0 aliphatic carbocycles. The zero-order valence-electron chi connectivity index (χ0n) is 17.0. The minimum Gasteiger partial charge on any atom is -0.396 e. The molecule has 1 aliphatic rings. The summed E-state index contributed by atoms with van der Waals surface area (Å²) in [6, 6.07) is 10.1. The fourth-order valence-electron chi connectivity index (χ4n) is 3.05. The van der Waals surface area contributed by atoms with E-state index in [9.17, 15) is 9.90 Å². The molecule has 1 amide bonds. The second-order valence-corrected chi connectivity index (χ2v) is 7.36. The molecule has 1 aliphatic heterocycles. The van der Waals surface area contributed by atoms with Crippen LogP contribution in [0.1, 0.15) is 31.4 Å². The van der Waals surface area contributed by atoms with Crippen molar-refractivity contribution in [2.45, 2.75) is 25.8 Å². The number of nitrogens with one attached hydrogen (secondary N) is 2. The lowest BCUT2D eigenvalue weighted by Crippen LogP contribution is -2.45. The molecule has 1 fully saturated rings. The second kappa shape index (κ2) is 12.2. The van der Waals surface area contributed by atoms with Crippen LogP contribution in [0.4, 0.5) is 0 Å². The molecule has 1 saturated heterocycles. The lowest BCUT2D eigenvalue weighted by molar-refractivity contribution is -0.127. The van der Waals surface area contributed by atoms with Crippen LogP contribution in [0.5, 0.6) is 0 Å². The van der Waals surface area contributed by atoms with Crippen molar-refractivity contribution in [2.24, 2.45) is 10.4 Å². The summed E-state index contributed by atoms with van der Waals surface area (Å²) in [5.41, 5.74) is 1.04. The number of likely N-dealkylation sites (N-methyl/N-ethyl adjacent to an activating group) is 1. The lowest BCUT2D eigenvalue weighted by atomic mass is 9.84.